The molecule has 0 amide bonds. The molecule has 0 atom stereocenters. The van der Waals surface area contributed by atoms with Crippen LogP contribution in [-0.4, -0.2) is 19.5 Å². The molecule has 0 heterocycles. The van der Waals surface area contributed by atoms with Crippen LogP contribution in [0, 0.1) is 6.92 Å². The molecule has 0 aliphatic rings. The van der Waals surface area contributed by atoms with Crippen LogP contribution in [-0.2, 0) is 9.47 Å². The first kappa shape index (κ1) is 13.6. The highest BCUT2D eigenvalue weighted by atomic mass is 32.2. The van der Waals surface area contributed by atoms with Crippen LogP contribution in [0.25, 0.3) is 0 Å². The quantitative estimate of drug-likeness (QED) is 0.557. The fourth-order valence-corrected chi connectivity index (χ4v) is 2.18. The van der Waals surface area contributed by atoms with Gasteiger partial charge in [0.2, 0.25) is 0 Å². The highest BCUT2D eigenvalue weighted by Gasteiger charge is 2.11. The van der Waals surface area contributed by atoms with Crippen molar-refractivity contribution in [3.05, 3.63) is 29.3 Å². The first-order chi connectivity index (χ1) is 7.72. The van der Waals surface area contributed by atoms with Crippen molar-refractivity contribution in [2.24, 2.45) is 0 Å². The predicted octanol–water partition coefficient (Wildman–Crippen LogP) is 3.79. The van der Waals surface area contributed by atoms with Crippen molar-refractivity contribution < 1.29 is 9.47 Å². The van der Waals surface area contributed by atoms with Gasteiger partial charge in [0, 0.05) is 23.7 Å². The van der Waals surface area contributed by atoms with Crippen LogP contribution in [0.2, 0.25) is 0 Å². The van der Waals surface area contributed by atoms with Gasteiger partial charge in [-0.25, -0.2) is 0 Å². The van der Waals surface area contributed by atoms with Gasteiger partial charge in [0.1, 0.15) is 0 Å². The SMILES string of the molecule is CCOC(OCC)c1ccc(SC)c(C)c1. The number of aryl methyl sites for hydroxylation is 1. The van der Waals surface area contributed by atoms with Crippen LogP contribution in [0.1, 0.15) is 31.3 Å². The van der Waals surface area contributed by atoms with E-state index in [4.69, 9.17) is 9.47 Å². The molecule has 0 aliphatic heterocycles. The van der Waals surface area contributed by atoms with Crippen LogP contribution in [0.15, 0.2) is 23.1 Å². The summed E-state index contributed by atoms with van der Waals surface area (Å²) in [6, 6.07) is 6.34. The molecule has 0 spiro atoms. The third kappa shape index (κ3) is 3.51. The summed E-state index contributed by atoms with van der Waals surface area (Å²) in [6.45, 7) is 7.40. The van der Waals surface area contributed by atoms with Crippen molar-refractivity contribution in [3.63, 3.8) is 0 Å². The van der Waals surface area contributed by atoms with E-state index in [0.717, 1.165) is 5.56 Å². The molecule has 0 aromatic heterocycles. The zero-order valence-corrected chi connectivity index (χ0v) is 11.3. The van der Waals surface area contributed by atoms with Gasteiger partial charge in [-0.05, 0) is 44.7 Å². The summed E-state index contributed by atoms with van der Waals surface area (Å²) in [4.78, 5) is 1.30. The summed E-state index contributed by atoms with van der Waals surface area (Å²) in [5.74, 6) is 0. The van der Waals surface area contributed by atoms with Gasteiger partial charge >= 0.3 is 0 Å². The van der Waals surface area contributed by atoms with E-state index >= 15 is 0 Å². The average molecular weight is 240 g/mol. The lowest BCUT2D eigenvalue weighted by Gasteiger charge is -2.18. The third-order valence-corrected chi connectivity index (χ3v) is 3.23. The van der Waals surface area contributed by atoms with Crippen LogP contribution < -0.4 is 0 Å². The molecular formula is C13H20O2S. The summed E-state index contributed by atoms with van der Waals surface area (Å²) < 4.78 is 11.1. The van der Waals surface area contributed by atoms with Crippen molar-refractivity contribution in [3.8, 4) is 0 Å². The fourth-order valence-electron chi connectivity index (χ4n) is 1.59. The van der Waals surface area contributed by atoms with E-state index in [1.807, 2.05) is 13.8 Å². The molecule has 0 N–H and O–H groups in total. The molecule has 1 aromatic rings. The monoisotopic (exact) mass is 240 g/mol. The lowest BCUT2D eigenvalue weighted by Crippen LogP contribution is -2.09. The normalized spacial score (nSPS) is 11.1. The van der Waals surface area contributed by atoms with Crippen molar-refractivity contribution in [2.45, 2.75) is 32.0 Å². The summed E-state index contributed by atoms with van der Waals surface area (Å²) in [5.41, 5.74) is 2.37. The third-order valence-electron chi connectivity index (χ3n) is 2.33. The second-order valence-electron chi connectivity index (χ2n) is 3.47. The number of hydrogen-bond donors (Lipinski definition) is 0. The molecule has 0 saturated heterocycles. The Hall–Kier alpha value is -0.510. The van der Waals surface area contributed by atoms with Crippen molar-refractivity contribution in [1.29, 1.82) is 0 Å². The van der Waals surface area contributed by atoms with Gasteiger partial charge in [-0.3, -0.25) is 0 Å². The molecule has 16 heavy (non-hydrogen) atoms. The summed E-state index contributed by atoms with van der Waals surface area (Å²) >= 11 is 1.76. The smallest absolute Gasteiger partial charge is 0.183 e. The van der Waals surface area contributed by atoms with Crippen LogP contribution in [0.3, 0.4) is 0 Å². The highest BCUT2D eigenvalue weighted by Crippen LogP contribution is 2.25. The molecule has 0 saturated carbocycles. The number of ether oxygens (including phenoxy) is 2. The van der Waals surface area contributed by atoms with Gasteiger partial charge in [-0.1, -0.05) is 6.07 Å². The van der Waals surface area contributed by atoms with Crippen LogP contribution in [0.4, 0.5) is 0 Å². The Balaban J connectivity index is 2.87. The number of thioether (sulfide) groups is 1. The van der Waals surface area contributed by atoms with Crippen molar-refractivity contribution in [1.82, 2.24) is 0 Å². The highest BCUT2D eigenvalue weighted by molar-refractivity contribution is 7.98. The molecule has 0 radical (unpaired) electrons. The van der Waals surface area contributed by atoms with Gasteiger partial charge in [0.25, 0.3) is 0 Å². The minimum Gasteiger partial charge on any atom is -0.349 e. The number of rotatable bonds is 6. The Kier molecular flexibility index (Phi) is 5.88. The van der Waals surface area contributed by atoms with Gasteiger partial charge in [-0.2, -0.15) is 0 Å². The Morgan fingerprint density at radius 1 is 1.19 bits per heavy atom. The van der Waals surface area contributed by atoms with E-state index in [1.165, 1.54) is 10.5 Å². The predicted molar refractivity (Wildman–Crippen MR) is 69.0 cm³/mol. The van der Waals surface area contributed by atoms with Crippen molar-refractivity contribution in [2.75, 3.05) is 19.5 Å². The Labute approximate surface area is 102 Å². The van der Waals surface area contributed by atoms with E-state index in [2.05, 4.69) is 31.4 Å². The zero-order chi connectivity index (χ0) is 12.0. The summed E-state index contributed by atoms with van der Waals surface area (Å²) in [5, 5.41) is 0. The molecule has 0 aliphatic carbocycles. The Morgan fingerprint density at radius 2 is 1.81 bits per heavy atom. The number of hydrogen-bond acceptors (Lipinski definition) is 3. The van der Waals surface area contributed by atoms with Crippen LogP contribution >= 0.6 is 11.8 Å². The first-order valence-electron chi connectivity index (χ1n) is 5.60. The lowest BCUT2D eigenvalue weighted by atomic mass is 10.1. The average Bonchev–Trinajstić information content (AvgIpc) is 2.28. The van der Waals surface area contributed by atoms with E-state index in [0.29, 0.717) is 13.2 Å². The molecule has 0 bridgehead atoms. The second kappa shape index (κ2) is 6.94. The Morgan fingerprint density at radius 3 is 2.25 bits per heavy atom. The zero-order valence-electron chi connectivity index (χ0n) is 10.4. The van der Waals surface area contributed by atoms with E-state index in [-0.39, 0.29) is 6.29 Å². The molecule has 2 nitrogen and oxygen atoms in total. The summed E-state index contributed by atoms with van der Waals surface area (Å²) in [6.07, 6.45) is 1.86. The standard InChI is InChI=1S/C13H20O2S/c1-5-14-13(15-6-2)11-7-8-12(16-4)10(3)9-11/h7-9,13H,5-6H2,1-4H3. The minimum absolute atomic E-state index is 0.232. The Bertz CT molecular complexity index is 320. The lowest BCUT2D eigenvalue weighted by molar-refractivity contribution is -0.140. The van der Waals surface area contributed by atoms with Crippen LogP contribution in [0.5, 0.6) is 0 Å². The largest absolute Gasteiger partial charge is 0.349 e. The molecule has 1 rings (SSSR count). The second-order valence-corrected chi connectivity index (χ2v) is 4.32. The van der Waals surface area contributed by atoms with Gasteiger partial charge in [-0.15, -0.1) is 11.8 Å². The molecule has 3 heteroatoms. The molecule has 0 fully saturated rings. The molecule has 90 valence electrons. The van der Waals surface area contributed by atoms with Gasteiger partial charge in [0.15, 0.2) is 6.29 Å². The van der Waals surface area contributed by atoms with Gasteiger partial charge < -0.3 is 9.47 Å². The minimum atomic E-state index is -0.232. The molecule has 1 aromatic carbocycles. The van der Waals surface area contributed by atoms with E-state index in [9.17, 15) is 0 Å². The molecular weight excluding hydrogens is 220 g/mol. The van der Waals surface area contributed by atoms with E-state index < -0.39 is 0 Å². The van der Waals surface area contributed by atoms with Gasteiger partial charge in [0.05, 0.1) is 0 Å². The fraction of sp³-hybridized carbons (Fsp3) is 0.538. The topological polar surface area (TPSA) is 18.5 Å². The maximum Gasteiger partial charge on any atom is 0.183 e. The maximum atomic E-state index is 5.57. The van der Waals surface area contributed by atoms with E-state index in [1.54, 1.807) is 11.8 Å². The summed E-state index contributed by atoms with van der Waals surface area (Å²) in [7, 11) is 0. The molecule has 0 unspecified atom stereocenters. The van der Waals surface area contributed by atoms with Crippen molar-refractivity contribution >= 4 is 11.8 Å². The maximum absolute atomic E-state index is 5.57. The number of benzene rings is 1. The first-order valence-corrected chi connectivity index (χ1v) is 6.83.